The third kappa shape index (κ3) is 4.41. The molecule has 152 valence electrons. The molecule has 2 heterocycles. The first-order valence-electron chi connectivity index (χ1n) is 9.18. The minimum Gasteiger partial charge on any atom is -0.356 e. The maximum absolute atomic E-state index is 12.6. The van der Waals surface area contributed by atoms with Crippen LogP contribution in [0.5, 0.6) is 0 Å². The van der Waals surface area contributed by atoms with Gasteiger partial charge in [0.15, 0.2) is 0 Å². The first-order chi connectivity index (χ1) is 13.3. The van der Waals surface area contributed by atoms with Gasteiger partial charge in [0.05, 0.1) is 6.04 Å². The zero-order valence-corrected chi connectivity index (χ0v) is 17.6. The Bertz CT molecular complexity index is 936. The number of aromatic nitrogens is 1. The summed E-state index contributed by atoms with van der Waals surface area (Å²) in [5, 5.41) is 3.50. The molecule has 0 saturated carbocycles. The first kappa shape index (κ1) is 20.9. The van der Waals surface area contributed by atoms with Crippen LogP contribution in [0, 0.1) is 0 Å². The molecule has 9 heteroatoms. The average molecular weight is 425 g/mol. The number of amides is 1. The van der Waals surface area contributed by atoms with E-state index in [1.54, 1.807) is 0 Å². The molecular formula is C19H25ClN4O3S. The van der Waals surface area contributed by atoms with Crippen LogP contribution in [0.25, 0.3) is 0 Å². The van der Waals surface area contributed by atoms with E-state index in [0.717, 1.165) is 18.4 Å². The molecule has 1 aliphatic heterocycles. The number of H-pyrrole nitrogens is 1. The molecule has 1 amide bonds. The molecule has 0 spiro atoms. The summed E-state index contributed by atoms with van der Waals surface area (Å²) in [6.45, 7) is 1.39. The molecule has 7 nitrogen and oxygen atoms in total. The number of aromatic amines is 1. The second-order valence-electron chi connectivity index (χ2n) is 7.07. The van der Waals surface area contributed by atoms with Crippen molar-refractivity contribution < 1.29 is 13.2 Å². The number of benzene rings is 1. The average Bonchev–Trinajstić information content (AvgIpc) is 3.35. The van der Waals surface area contributed by atoms with Crippen LogP contribution < -0.4 is 5.32 Å². The summed E-state index contributed by atoms with van der Waals surface area (Å²) < 4.78 is 26.7. The minimum atomic E-state index is -3.55. The molecule has 28 heavy (non-hydrogen) atoms. The highest BCUT2D eigenvalue weighted by atomic mass is 35.5. The molecular weight excluding hydrogens is 400 g/mol. The van der Waals surface area contributed by atoms with Crippen molar-refractivity contribution in [1.82, 2.24) is 19.5 Å². The van der Waals surface area contributed by atoms with Gasteiger partial charge in [0.1, 0.15) is 10.6 Å². The van der Waals surface area contributed by atoms with Gasteiger partial charge in [0.2, 0.25) is 10.0 Å². The highest BCUT2D eigenvalue weighted by molar-refractivity contribution is 7.89. The summed E-state index contributed by atoms with van der Waals surface area (Å²) in [5.41, 5.74) is 1.13. The smallest absolute Gasteiger partial charge is 0.267 e. The third-order valence-corrected chi connectivity index (χ3v) is 7.17. The van der Waals surface area contributed by atoms with Crippen LogP contribution in [-0.2, 0) is 10.0 Å². The summed E-state index contributed by atoms with van der Waals surface area (Å²) in [7, 11) is 0.276. The topological polar surface area (TPSA) is 85.5 Å². The standard InChI is InChI=1S/C19H25ClN4O3S/c1-23(2)18(15-7-3-4-8-16(15)20)13-22-19(25)17-11-14(12-21-17)28(26,27)24-9-5-6-10-24/h3-4,7-8,11-12,18,21H,5-6,9-10,13H2,1-2H3,(H,22,25)/t18-/m1/s1. The zero-order chi connectivity index (χ0) is 20.3. The SMILES string of the molecule is CN(C)[C@H](CNC(=O)c1cc(S(=O)(=O)N2CCCC2)c[nH]1)c1ccccc1Cl. The van der Waals surface area contributed by atoms with Crippen molar-refractivity contribution in [3.05, 3.63) is 52.8 Å². The van der Waals surface area contributed by atoms with E-state index >= 15 is 0 Å². The predicted molar refractivity (Wildman–Crippen MR) is 109 cm³/mol. The fourth-order valence-electron chi connectivity index (χ4n) is 3.33. The van der Waals surface area contributed by atoms with Crippen molar-refractivity contribution in [2.24, 2.45) is 0 Å². The monoisotopic (exact) mass is 424 g/mol. The number of hydrogen-bond acceptors (Lipinski definition) is 4. The highest BCUT2D eigenvalue weighted by Gasteiger charge is 2.28. The van der Waals surface area contributed by atoms with Gasteiger partial charge in [-0.3, -0.25) is 4.79 Å². The first-order valence-corrected chi connectivity index (χ1v) is 11.0. The van der Waals surface area contributed by atoms with E-state index in [1.165, 1.54) is 16.6 Å². The second kappa shape index (κ2) is 8.65. The Morgan fingerprint density at radius 1 is 1.29 bits per heavy atom. The van der Waals surface area contributed by atoms with Crippen molar-refractivity contribution >= 4 is 27.5 Å². The molecule has 1 aliphatic rings. The van der Waals surface area contributed by atoms with Crippen LogP contribution in [0.3, 0.4) is 0 Å². The van der Waals surface area contributed by atoms with Gasteiger partial charge in [-0.15, -0.1) is 0 Å². The van der Waals surface area contributed by atoms with E-state index in [2.05, 4.69) is 10.3 Å². The Balaban J connectivity index is 1.69. The largest absolute Gasteiger partial charge is 0.356 e. The molecule has 3 rings (SSSR count). The van der Waals surface area contributed by atoms with Crippen molar-refractivity contribution in [1.29, 1.82) is 0 Å². The minimum absolute atomic E-state index is 0.111. The molecule has 0 radical (unpaired) electrons. The van der Waals surface area contributed by atoms with E-state index in [1.807, 2.05) is 43.3 Å². The number of likely N-dealkylation sites (N-methyl/N-ethyl adjacent to an activating group) is 1. The van der Waals surface area contributed by atoms with Crippen LogP contribution in [0.1, 0.15) is 34.9 Å². The van der Waals surface area contributed by atoms with E-state index in [9.17, 15) is 13.2 Å². The molecule has 0 aliphatic carbocycles. The lowest BCUT2D eigenvalue weighted by atomic mass is 10.1. The maximum atomic E-state index is 12.6. The van der Waals surface area contributed by atoms with Crippen LogP contribution in [0.4, 0.5) is 0 Å². The normalized spacial score (nSPS) is 16.4. The van der Waals surface area contributed by atoms with Gasteiger partial charge < -0.3 is 15.2 Å². The van der Waals surface area contributed by atoms with E-state index in [0.29, 0.717) is 24.7 Å². The van der Waals surface area contributed by atoms with Gasteiger partial charge in [-0.1, -0.05) is 29.8 Å². The Morgan fingerprint density at radius 2 is 1.96 bits per heavy atom. The summed E-state index contributed by atoms with van der Waals surface area (Å²) in [4.78, 5) is 17.4. The number of nitrogens with zero attached hydrogens (tertiary/aromatic N) is 2. The van der Waals surface area contributed by atoms with Gasteiger partial charge in [0, 0.05) is 30.9 Å². The van der Waals surface area contributed by atoms with E-state index in [4.69, 9.17) is 11.6 Å². The zero-order valence-electron chi connectivity index (χ0n) is 16.0. The number of rotatable bonds is 7. The number of carbonyl (C=O) groups is 1. The van der Waals surface area contributed by atoms with Gasteiger partial charge >= 0.3 is 0 Å². The van der Waals surface area contributed by atoms with E-state index < -0.39 is 10.0 Å². The van der Waals surface area contributed by atoms with Crippen molar-refractivity contribution in [2.45, 2.75) is 23.8 Å². The molecule has 1 fully saturated rings. The number of carbonyl (C=O) groups excluding carboxylic acids is 1. The lowest BCUT2D eigenvalue weighted by Crippen LogP contribution is -2.34. The van der Waals surface area contributed by atoms with E-state index in [-0.39, 0.29) is 22.5 Å². The quantitative estimate of drug-likeness (QED) is 0.715. The summed E-state index contributed by atoms with van der Waals surface area (Å²) >= 11 is 6.29. The third-order valence-electron chi connectivity index (χ3n) is 4.95. The van der Waals surface area contributed by atoms with Gasteiger partial charge in [-0.2, -0.15) is 4.31 Å². The van der Waals surface area contributed by atoms with Crippen molar-refractivity contribution in [3.63, 3.8) is 0 Å². The Morgan fingerprint density at radius 3 is 2.61 bits per heavy atom. The molecule has 1 saturated heterocycles. The number of nitrogens with one attached hydrogen (secondary N) is 2. The lowest BCUT2D eigenvalue weighted by Gasteiger charge is -2.25. The second-order valence-corrected chi connectivity index (χ2v) is 9.42. The van der Waals surface area contributed by atoms with Crippen molar-refractivity contribution in [2.75, 3.05) is 33.7 Å². The van der Waals surface area contributed by atoms with Crippen LogP contribution in [0.15, 0.2) is 41.4 Å². The molecule has 1 aromatic carbocycles. The van der Waals surface area contributed by atoms with Gasteiger partial charge in [-0.25, -0.2) is 8.42 Å². The Hall–Kier alpha value is -1.87. The molecule has 0 bridgehead atoms. The Kier molecular flexibility index (Phi) is 6.44. The van der Waals surface area contributed by atoms with Crippen LogP contribution in [0.2, 0.25) is 5.02 Å². The molecule has 2 N–H and O–H groups in total. The predicted octanol–water partition coefficient (Wildman–Crippen LogP) is 2.49. The summed E-state index contributed by atoms with van der Waals surface area (Å²) in [6, 6.07) is 8.78. The Labute approximate surface area is 170 Å². The van der Waals surface area contributed by atoms with Gasteiger partial charge in [0.25, 0.3) is 5.91 Å². The maximum Gasteiger partial charge on any atom is 0.267 e. The van der Waals surface area contributed by atoms with Crippen LogP contribution >= 0.6 is 11.6 Å². The fraction of sp³-hybridized carbons (Fsp3) is 0.421. The highest BCUT2D eigenvalue weighted by Crippen LogP contribution is 2.26. The number of hydrogen-bond donors (Lipinski definition) is 2. The summed E-state index contributed by atoms with van der Waals surface area (Å²) in [6.07, 6.45) is 3.11. The molecule has 1 aromatic heterocycles. The fourth-order valence-corrected chi connectivity index (χ4v) is 5.11. The number of sulfonamides is 1. The molecule has 1 atom stereocenters. The molecule has 2 aromatic rings. The van der Waals surface area contributed by atoms with Crippen LogP contribution in [-0.4, -0.2) is 62.2 Å². The van der Waals surface area contributed by atoms with Crippen molar-refractivity contribution in [3.8, 4) is 0 Å². The summed E-state index contributed by atoms with van der Waals surface area (Å²) in [5.74, 6) is -0.359. The number of halogens is 1. The van der Waals surface area contributed by atoms with Gasteiger partial charge in [-0.05, 0) is 44.6 Å². The lowest BCUT2D eigenvalue weighted by molar-refractivity contribution is 0.0937. The molecule has 0 unspecified atom stereocenters.